The molecule has 3 rings (SSSR count). The van der Waals surface area contributed by atoms with E-state index in [2.05, 4.69) is 14.9 Å². The Morgan fingerprint density at radius 2 is 1.93 bits per heavy atom. The van der Waals surface area contributed by atoms with Gasteiger partial charge in [-0.05, 0) is 43.5 Å². The third-order valence-electron chi connectivity index (χ3n) is 4.39. The standard InChI is InChI=1S/C19H22Cl2N4O2/c1-24(9-4-12-27-15-7-5-14(20)6-8-15)18(26)17-16(21)13-22-19(23-17)25-10-2-3-11-25/h5-8,13H,2-4,9-12H2,1H3. The highest BCUT2D eigenvalue weighted by Crippen LogP contribution is 2.21. The first-order valence-electron chi connectivity index (χ1n) is 8.96. The number of aromatic nitrogens is 2. The van der Waals surface area contributed by atoms with Crippen molar-refractivity contribution in [1.82, 2.24) is 14.9 Å². The lowest BCUT2D eigenvalue weighted by atomic mass is 10.3. The van der Waals surface area contributed by atoms with E-state index >= 15 is 0 Å². The van der Waals surface area contributed by atoms with Crippen molar-refractivity contribution in [3.8, 4) is 5.75 Å². The van der Waals surface area contributed by atoms with Gasteiger partial charge in [0, 0.05) is 31.7 Å². The Hall–Kier alpha value is -2.05. The van der Waals surface area contributed by atoms with E-state index < -0.39 is 0 Å². The molecule has 0 spiro atoms. The maximum Gasteiger partial charge on any atom is 0.273 e. The fourth-order valence-corrected chi connectivity index (χ4v) is 3.18. The van der Waals surface area contributed by atoms with Gasteiger partial charge in [-0.1, -0.05) is 23.2 Å². The number of carbonyl (C=O) groups is 1. The van der Waals surface area contributed by atoms with E-state index in [1.54, 1.807) is 24.1 Å². The summed E-state index contributed by atoms with van der Waals surface area (Å²) < 4.78 is 5.65. The van der Waals surface area contributed by atoms with Crippen LogP contribution in [0.25, 0.3) is 0 Å². The predicted octanol–water partition coefficient (Wildman–Crippen LogP) is 3.92. The predicted molar refractivity (Wildman–Crippen MR) is 107 cm³/mol. The van der Waals surface area contributed by atoms with E-state index in [9.17, 15) is 4.79 Å². The number of amides is 1. The molecule has 0 unspecified atom stereocenters. The lowest BCUT2D eigenvalue weighted by Gasteiger charge is -2.19. The molecule has 1 aliphatic rings. The average molecular weight is 409 g/mol. The van der Waals surface area contributed by atoms with Crippen molar-refractivity contribution in [1.29, 1.82) is 0 Å². The van der Waals surface area contributed by atoms with Crippen LogP contribution in [0, 0.1) is 0 Å². The Morgan fingerprint density at radius 1 is 1.22 bits per heavy atom. The third kappa shape index (κ3) is 5.23. The highest BCUT2D eigenvalue weighted by Gasteiger charge is 2.21. The molecule has 1 aromatic carbocycles. The van der Waals surface area contributed by atoms with Crippen LogP contribution in [0.3, 0.4) is 0 Å². The van der Waals surface area contributed by atoms with E-state index in [0.29, 0.717) is 30.5 Å². The SMILES string of the molecule is CN(CCCOc1ccc(Cl)cc1)C(=O)c1nc(N2CCCC2)ncc1Cl. The number of rotatable bonds is 7. The molecule has 0 atom stereocenters. The molecule has 0 N–H and O–H groups in total. The second kappa shape index (κ2) is 9.24. The molecule has 2 aromatic rings. The number of nitrogens with zero attached hydrogens (tertiary/aromatic N) is 4. The van der Waals surface area contributed by atoms with Crippen molar-refractivity contribution < 1.29 is 9.53 Å². The van der Waals surface area contributed by atoms with E-state index in [4.69, 9.17) is 27.9 Å². The fourth-order valence-electron chi connectivity index (χ4n) is 2.88. The molecule has 8 heteroatoms. The molecule has 0 bridgehead atoms. The zero-order chi connectivity index (χ0) is 19.2. The largest absolute Gasteiger partial charge is 0.494 e. The summed E-state index contributed by atoms with van der Waals surface area (Å²) in [6.07, 6.45) is 4.42. The van der Waals surface area contributed by atoms with E-state index in [1.165, 1.54) is 6.20 Å². The molecular formula is C19H22Cl2N4O2. The van der Waals surface area contributed by atoms with Crippen LogP contribution in [-0.2, 0) is 0 Å². The van der Waals surface area contributed by atoms with Crippen LogP contribution >= 0.6 is 23.2 Å². The zero-order valence-electron chi connectivity index (χ0n) is 15.2. The van der Waals surface area contributed by atoms with Crippen molar-refractivity contribution in [3.05, 3.63) is 46.2 Å². The van der Waals surface area contributed by atoms with Gasteiger partial charge in [0.25, 0.3) is 5.91 Å². The molecule has 0 aliphatic carbocycles. The number of ether oxygens (including phenoxy) is 1. The van der Waals surface area contributed by atoms with Gasteiger partial charge in [0.15, 0.2) is 5.69 Å². The normalized spacial score (nSPS) is 13.7. The minimum Gasteiger partial charge on any atom is -0.494 e. The number of hydrogen-bond donors (Lipinski definition) is 0. The zero-order valence-corrected chi connectivity index (χ0v) is 16.7. The maximum atomic E-state index is 12.7. The van der Waals surface area contributed by atoms with Crippen molar-refractivity contribution in [2.24, 2.45) is 0 Å². The second-order valence-corrected chi connectivity index (χ2v) is 7.29. The summed E-state index contributed by atoms with van der Waals surface area (Å²) in [7, 11) is 1.73. The van der Waals surface area contributed by atoms with Gasteiger partial charge in [-0.25, -0.2) is 9.97 Å². The number of anilines is 1. The molecule has 144 valence electrons. The van der Waals surface area contributed by atoms with Crippen LogP contribution in [0.1, 0.15) is 29.8 Å². The van der Waals surface area contributed by atoms with E-state index in [1.807, 2.05) is 12.1 Å². The van der Waals surface area contributed by atoms with Gasteiger partial charge in [0.2, 0.25) is 5.95 Å². The topological polar surface area (TPSA) is 58.6 Å². The molecular weight excluding hydrogens is 387 g/mol. The summed E-state index contributed by atoms with van der Waals surface area (Å²) in [6.45, 7) is 2.85. The smallest absolute Gasteiger partial charge is 0.273 e. The summed E-state index contributed by atoms with van der Waals surface area (Å²) in [5.74, 6) is 1.11. The maximum absolute atomic E-state index is 12.7. The lowest BCUT2D eigenvalue weighted by molar-refractivity contribution is 0.0782. The summed E-state index contributed by atoms with van der Waals surface area (Å²) in [5.41, 5.74) is 0.245. The Balaban J connectivity index is 1.53. The van der Waals surface area contributed by atoms with Crippen molar-refractivity contribution in [2.45, 2.75) is 19.3 Å². The molecule has 6 nitrogen and oxygen atoms in total. The summed E-state index contributed by atoms with van der Waals surface area (Å²) in [6, 6.07) is 7.19. The van der Waals surface area contributed by atoms with Crippen LogP contribution in [0.4, 0.5) is 5.95 Å². The first-order chi connectivity index (χ1) is 13.0. The Kier molecular flexibility index (Phi) is 6.74. The Morgan fingerprint density at radius 3 is 2.63 bits per heavy atom. The highest BCUT2D eigenvalue weighted by molar-refractivity contribution is 6.33. The van der Waals surface area contributed by atoms with Crippen LogP contribution in [0.15, 0.2) is 30.5 Å². The van der Waals surface area contributed by atoms with Gasteiger partial charge >= 0.3 is 0 Å². The molecule has 1 aliphatic heterocycles. The van der Waals surface area contributed by atoms with Crippen LogP contribution < -0.4 is 9.64 Å². The van der Waals surface area contributed by atoms with Crippen LogP contribution in [0.5, 0.6) is 5.75 Å². The van der Waals surface area contributed by atoms with Crippen molar-refractivity contribution in [2.75, 3.05) is 38.2 Å². The van der Waals surface area contributed by atoms with Gasteiger partial charge in [-0.15, -0.1) is 0 Å². The van der Waals surface area contributed by atoms with Crippen molar-refractivity contribution >= 4 is 35.1 Å². The summed E-state index contributed by atoms with van der Waals surface area (Å²) >= 11 is 12.0. The molecule has 1 aromatic heterocycles. The van der Waals surface area contributed by atoms with Crippen LogP contribution in [-0.4, -0.2) is 54.1 Å². The average Bonchev–Trinajstić information content (AvgIpc) is 3.21. The molecule has 0 saturated carbocycles. The molecule has 27 heavy (non-hydrogen) atoms. The van der Waals surface area contributed by atoms with Gasteiger partial charge in [-0.2, -0.15) is 0 Å². The molecule has 1 fully saturated rings. The number of halogens is 2. The molecule has 2 heterocycles. The fraction of sp³-hybridized carbons (Fsp3) is 0.421. The van der Waals surface area contributed by atoms with E-state index in [-0.39, 0.29) is 16.6 Å². The third-order valence-corrected chi connectivity index (χ3v) is 4.92. The lowest BCUT2D eigenvalue weighted by Crippen LogP contribution is -2.30. The van der Waals surface area contributed by atoms with Gasteiger partial charge in [0.1, 0.15) is 5.75 Å². The number of hydrogen-bond acceptors (Lipinski definition) is 5. The minimum absolute atomic E-state index is 0.214. The quantitative estimate of drug-likeness (QED) is 0.649. The molecule has 1 amide bonds. The van der Waals surface area contributed by atoms with Crippen LogP contribution in [0.2, 0.25) is 10.0 Å². The number of benzene rings is 1. The van der Waals surface area contributed by atoms with Gasteiger partial charge in [0.05, 0.1) is 17.8 Å². The van der Waals surface area contributed by atoms with Crippen molar-refractivity contribution in [3.63, 3.8) is 0 Å². The summed E-state index contributed by atoms with van der Waals surface area (Å²) in [5, 5.41) is 0.940. The van der Waals surface area contributed by atoms with Gasteiger partial charge < -0.3 is 14.5 Å². The molecule has 1 saturated heterocycles. The van der Waals surface area contributed by atoms with Gasteiger partial charge in [-0.3, -0.25) is 4.79 Å². The Labute approximate surface area is 169 Å². The monoisotopic (exact) mass is 408 g/mol. The number of carbonyl (C=O) groups excluding carboxylic acids is 1. The van der Waals surface area contributed by atoms with E-state index in [0.717, 1.165) is 31.7 Å². The second-order valence-electron chi connectivity index (χ2n) is 6.44. The Bertz CT molecular complexity index is 780. The minimum atomic E-state index is -0.214. The summed E-state index contributed by atoms with van der Waals surface area (Å²) in [4.78, 5) is 25.1. The highest BCUT2D eigenvalue weighted by atomic mass is 35.5. The first kappa shape index (κ1) is 19.7. The molecule has 0 radical (unpaired) electrons. The first-order valence-corrected chi connectivity index (χ1v) is 9.71.